The lowest BCUT2D eigenvalue weighted by atomic mass is 9.87. The third-order valence-electron chi connectivity index (χ3n) is 5.46. The van der Waals surface area contributed by atoms with Crippen LogP contribution in [-0.4, -0.2) is 56.8 Å². The Balaban J connectivity index is 1.48. The summed E-state index contributed by atoms with van der Waals surface area (Å²) in [5.74, 6) is -1.80. The van der Waals surface area contributed by atoms with E-state index in [0.29, 0.717) is 50.5 Å². The van der Waals surface area contributed by atoms with E-state index in [4.69, 9.17) is 35.3 Å². The van der Waals surface area contributed by atoms with Crippen molar-refractivity contribution < 1.29 is 32.9 Å². The van der Waals surface area contributed by atoms with Crippen LogP contribution in [0.1, 0.15) is 19.8 Å². The highest BCUT2D eigenvalue weighted by atomic mass is 35.5. The second-order valence-electron chi connectivity index (χ2n) is 7.90. The Bertz CT molecular complexity index is 837. The molecule has 2 heterocycles. The summed E-state index contributed by atoms with van der Waals surface area (Å²) in [5, 5.41) is 0.0536. The number of ether oxygens (including phenoxy) is 5. The molecule has 0 saturated carbocycles. The van der Waals surface area contributed by atoms with E-state index in [9.17, 15) is 9.18 Å². The quantitative estimate of drug-likeness (QED) is 0.509. The van der Waals surface area contributed by atoms with E-state index in [2.05, 4.69) is 4.72 Å². The number of nitrogens with one attached hydrogen (secondary N) is 1. The van der Waals surface area contributed by atoms with Gasteiger partial charge in [-0.3, -0.25) is 0 Å². The molecular weight excluding hydrogens is 449 g/mol. The third kappa shape index (κ3) is 5.18. The summed E-state index contributed by atoms with van der Waals surface area (Å²) in [7, 11) is 0. The lowest BCUT2D eigenvalue weighted by Gasteiger charge is -2.47. The molecular formula is C21H25ClFNO6S. The van der Waals surface area contributed by atoms with Crippen molar-refractivity contribution in [3.05, 3.63) is 40.7 Å². The largest absolute Gasteiger partial charge is 0.463 e. The van der Waals surface area contributed by atoms with E-state index in [0.717, 1.165) is 0 Å². The van der Waals surface area contributed by atoms with Gasteiger partial charge in [0.05, 0.1) is 60.0 Å². The Kier molecular flexibility index (Phi) is 7.10. The van der Waals surface area contributed by atoms with Gasteiger partial charge >= 0.3 is 5.97 Å². The average molecular weight is 474 g/mol. The monoisotopic (exact) mass is 473 g/mol. The zero-order valence-corrected chi connectivity index (χ0v) is 18.7. The highest BCUT2D eigenvalue weighted by Crippen LogP contribution is 2.42. The maximum Gasteiger partial charge on any atom is 0.335 e. The van der Waals surface area contributed by atoms with Crippen LogP contribution in [0.2, 0.25) is 5.02 Å². The number of benzene rings is 1. The molecule has 0 amide bonds. The predicted molar refractivity (Wildman–Crippen MR) is 114 cm³/mol. The van der Waals surface area contributed by atoms with E-state index in [-0.39, 0.29) is 29.1 Å². The van der Waals surface area contributed by atoms with Crippen LogP contribution < -0.4 is 4.72 Å². The number of anilines is 1. The number of carbonyl (C=O) groups excluding carboxylic acids is 1. The van der Waals surface area contributed by atoms with Crippen LogP contribution in [0.25, 0.3) is 0 Å². The maximum atomic E-state index is 13.3. The summed E-state index contributed by atoms with van der Waals surface area (Å²) >= 11 is 7.43. The molecule has 0 radical (unpaired) electrons. The molecule has 10 heteroatoms. The Morgan fingerprint density at radius 1 is 1.29 bits per heavy atom. The molecule has 4 rings (SSSR count). The predicted octanol–water partition coefficient (Wildman–Crippen LogP) is 3.92. The molecule has 2 aliphatic heterocycles. The third-order valence-corrected chi connectivity index (χ3v) is 6.88. The topological polar surface area (TPSA) is 75.3 Å². The van der Waals surface area contributed by atoms with Crippen LogP contribution in [0.3, 0.4) is 0 Å². The van der Waals surface area contributed by atoms with Gasteiger partial charge in [-0.05, 0) is 49.6 Å². The summed E-state index contributed by atoms with van der Waals surface area (Å²) in [6.45, 7) is 4.16. The van der Waals surface area contributed by atoms with Crippen LogP contribution in [0.4, 0.5) is 10.1 Å². The fourth-order valence-corrected chi connectivity index (χ4v) is 5.01. The molecule has 1 unspecified atom stereocenters. The molecule has 7 nitrogen and oxygen atoms in total. The molecule has 1 aromatic rings. The van der Waals surface area contributed by atoms with Gasteiger partial charge in [-0.1, -0.05) is 11.6 Å². The Labute approximate surface area is 189 Å². The molecule has 1 atom stereocenters. The zero-order chi connectivity index (χ0) is 21.9. The normalized spacial score (nSPS) is 24.6. The average Bonchev–Trinajstić information content (AvgIpc) is 2.77. The van der Waals surface area contributed by atoms with Gasteiger partial charge in [0.1, 0.15) is 12.6 Å². The summed E-state index contributed by atoms with van der Waals surface area (Å²) < 4.78 is 44.8. The number of carbonyl (C=O) groups is 1. The minimum atomic E-state index is -0.977. The second kappa shape index (κ2) is 9.64. The minimum absolute atomic E-state index is 0.213. The number of hydrogen-bond donors (Lipinski definition) is 1. The first-order chi connectivity index (χ1) is 14.9. The van der Waals surface area contributed by atoms with Gasteiger partial charge in [0.15, 0.2) is 5.79 Å². The van der Waals surface area contributed by atoms with E-state index < -0.39 is 17.6 Å². The van der Waals surface area contributed by atoms with Crippen molar-refractivity contribution in [1.82, 2.24) is 0 Å². The van der Waals surface area contributed by atoms with Crippen molar-refractivity contribution in [2.24, 2.45) is 5.41 Å². The molecule has 3 aliphatic rings. The van der Waals surface area contributed by atoms with Crippen molar-refractivity contribution in [1.29, 1.82) is 0 Å². The molecule has 2 fully saturated rings. The lowest BCUT2D eigenvalue weighted by Crippen LogP contribution is -2.55. The summed E-state index contributed by atoms with van der Waals surface area (Å²) in [5.41, 5.74) is 0.713. The van der Waals surface area contributed by atoms with Crippen LogP contribution in [0, 0.1) is 11.2 Å². The number of halogens is 2. The SMILES string of the molecule is CCOC(=O)C1=CC2(CCC1SNc1ccc(F)cc1Cl)OCC1(COCOC1)CO2. The smallest absolute Gasteiger partial charge is 0.335 e. The first-order valence-electron chi connectivity index (χ1n) is 10.1. The van der Waals surface area contributed by atoms with Crippen molar-refractivity contribution in [3.8, 4) is 0 Å². The zero-order valence-electron chi connectivity index (χ0n) is 17.2. The molecule has 1 aliphatic carbocycles. The summed E-state index contributed by atoms with van der Waals surface area (Å²) in [6.07, 6.45) is 2.92. The van der Waals surface area contributed by atoms with Crippen LogP contribution in [-0.2, 0) is 28.5 Å². The second-order valence-corrected chi connectivity index (χ2v) is 9.31. The molecule has 170 valence electrons. The van der Waals surface area contributed by atoms with Gasteiger partial charge in [-0.25, -0.2) is 9.18 Å². The van der Waals surface area contributed by atoms with Gasteiger partial charge in [-0.2, -0.15) is 0 Å². The number of esters is 1. The van der Waals surface area contributed by atoms with Gasteiger partial charge in [0, 0.05) is 6.42 Å². The molecule has 31 heavy (non-hydrogen) atoms. The Morgan fingerprint density at radius 2 is 2.03 bits per heavy atom. The van der Waals surface area contributed by atoms with E-state index >= 15 is 0 Å². The minimum Gasteiger partial charge on any atom is -0.463 e. The van der Waals surface area contributed by atoms with Gasteiger partial charge in [0.2, 0.25) is 0 Å². The molecule has 0 aromatic heterocycles. The van der Waals surface area contributed by atoms with Crippen LogP contribution >= 0.6 is 23.5 Å². The molecule has 1 aromatic carbocycles. The highest BCUT2D eigenvalue weighted by molar-refractivity contribution is 8.01. The van der Waals surface area contributed by atoms with Crippen molar-refractivity contribution in [2.45, 2.75) is 30.8 Å². The molecule has 1 N–H and O–H groups in total. The van der Waals surface area contributed by atoms with Crippen molar-refractivity contribution in [2.75, 3.05) is 44.5 Å². The molecule has 0 bridgehead atoms. The van der Waals surface area contributed by atoms with E-state index in [1.807, 2.05) is 0 Å². The van der Waals surface area contributed by atoms with Crippen molar-refractivity contribution >= 4 is 35.2 Å². The maximum absolute atomic E-state index is 13.3. The molecule has 2 spiro atoms. The van der Waals surface area contributed by atoms with Crippen molar-refractivity contribution in [3.63, 3.8) is 0 Å². The van der Waals surface area contributed by atoms with E-state index in [1.165, 1.54) is 24.1 Å². The van der Waals surface area contributed by atoms with Gasteiger partial charge in [-0.15, -0.1) is 0 Å². The summed E-state index contributed by atoms with van der Waals surface area (Å²) in [6, 6.07) is 4.12. The first-order valence-corrected chi connectivity index (χ1v) is 11.4. The van der Waals surface area contributed by atoms with Gasteiger partial charge in [0.25, 0.3) is 0 Å². The standard InChI is InChI=1S/C21H25ClFNO6S/c1-2-28-19(25)15-8-21(29-11-20(12-30-21)9-26-13-27-10-20)6-5-18(15)31-24-17-4-3-14(23)7-16(17)22/h3-4,7-8,18,24H,2,5-6,9-13H2,1H3. The highest BCUT2D eigenvalue weighted by Gasteiger charge is 2.48. The van der Waals surface area contributed by atoms with E-state index in [1.54, 1.807) is 19.1 Å². The summed E-state index contributed by atoms with van der Waals surface area (Å²) in [4.78, 5) is 12.7. The first kappa shape index (κ1) is 22.8. The van der Waals surface area contributed by atoms with Crippen LogP contribution in [0.15, 0.2) is 29.8 Å². The molecule has 2 saturated heterocycles. The fraction of sp³-hybridized carbons (Fsp3) is 0.571. The fourth-order valence-electron chi connectivity index (χ4n) is 3.77. The van der Waals surface area contributed by atoms with Crippen LogP contribution in [0.5, 0.6) is 0 Å². The lowest BCUT2D eigenvalue weighted by molar-refractivity contribution is -0.315. The van der Waals surface area contributed by atoms with Gasteiger partial charge < -0.3 is 28.4 Å². The Hall–Kier alpha value is -1.36. The number of hydrogen-bond acceptors (Lipinski definition) is 8. The number of rotatable bonds is 5. The Morgan fingerprint density at radius 3 is 2.71 bits per heavy atom.